The first-order valence-electron chi connectivity index (χ1n) is 6.76. The number of carbonyl (C=O) groups excluding carboxylic acids is 2. The van der Waals surface area contributed by atoms with Crippen molar-refractivity contribution in [2.45, 2.75) is 57.5 Å². The molecule has 20 heavy (non-hydrogen) atoms. The Balaban J connectivity index is 2.86. The molecule has 1 atom stereocenters. The third kappa shape index (κ3) is 3.20. The highest BCUT2D eigenvalue weighted by molar-refractivity contribution is 5.87. The van der Waals surface area contributed by atoms with Crippen LogP contribution >= 0.6 is 0 Å². The summed E-state index contributed by atoms with van der Waals surface area (Å²) < 4.78 is 0. The maximum Gasteiger partial charge on any atom is 0.329 e. The highest BCUT2D eigenvalue weighted by atomic mass is 16.4. The molecule has 114 valence electrons. The molecule has 0 aliphatic carbocycles. The third-order valence-corrected chi connectivity index (χ3v) is 3.78. The van der Waals surface area contributed by atoms with Gasteiger partial charge in [-0.2, -0.15) is 0 Å². The molecule has 1 unspecified atom stereocenters. The van der Waals surface area contributed by atoms with Crippen molar-refractivity contribution in [3.8, 4) is 0 Å². The number of primary amides is 1. The standard InChI is InChI=1S/C13H23N3O4/c1-4-13(10(18)19)6-5-7-16(13)11(20)15-12(2,3)8-9(14)17/h4-8H2,1-3H3,(H2,14,17)(H,15,20)(H,18,19). The lowest BCUT2D eigenvalue weighted by molar-refractivity contribution is -0.148. The zero-order chi connectivity index (χ0) is 15.6. The summed E-state index contributed by atoms with van der Waals surface area (Å²) in [5, 5.41) is 12.1. The van der Waals surface area contributed by atoms with E-state index in [4.69, 9.17) is 5.73 Å². The first kappa shape index (κ1) is 16.3. The van der Waals surface area contributed by atoms with Crippen LogP contribution in [0.1, 0.15) is 46.5 Å². The second-order valence-electron chi connectivity index (χ2n) is 5.90. The Morgan fingerprint density at radius 3 is 2.45 bits per heavy atom. The molecule has 0 spiro atoms. The van der Waals surface area contributed by atoms with Crippen molar-refractivity contribution >= 4 is 17.9 Å². The van der Waals surface area contributed by atoms with Crippen LogP contribution < -0.4 is 11.1 Å². The van der Waals surface area contributed by atoms with Gasteiger partial charge in [0, 0.05) is 18.5 Å². The number of carboxylic acids is 1. The molecule has 7 heteroatoms. The molecule has 4 N–H and O–H groups in total. The first-order chi connectivity index (χ1) is 9.14. The van der Waals surface area contributed by atoms with Crippen LogP contribution in [0.25, 0.3) is 0 Å². The fourth-order valence-electron chi connectivity index (χ4n) is 2.75. The molecule has 0 bridgehead atoms. The fourth-order valence-corrected chi connectivity index (χ4v) is 2.75. The number of amides is 3. The number of urea groups is 1. The highest BCUT2D eigenvalue weighted by Crippen LogP contribution is 2.33. The molecule has 1 saturated heterocycles. The minimum atomic E-state index is -1.15. The van der Waals surface area contributed by atoms with Crippen molar-refractivity contribution in [1.29, 1.82) is 0 Å². The molecule has 7 nitrogen and oxygen atoms in total. The monoisotopic (exact) mass is 285 g/mol. The van der Waals surface area contributed by atoms with Crippen LogP contribution in [-0.4, -0.2) is 45.5 Å². The summed E-state index contributed by atoms with van der Waals surface area (Å²) in [6.45, 7) is 5.52. The van der Waals surface area contributed by atoms with E-state index in [2.05, 4.69) is 5.32 Å². The van der Waals surface area contributed by atoms with Crippen LogP contribution in [0.2, 0.25) is 0 Å². The number of carbonyl (C=O) groups is 3. The van der Waals surface area contributed by atoms with Gasteiger partial charge in [0.25, 0.3) is 0 Å². The van der Waals surface area contributed by atoms with Crippen LogP contribution in [0.3, 0.4) is 0 Å². The van der Waals surface area contributed by atoms with Gasteiger partial charge >= 0.3 is 12.0 Å². The average Bonchev–Trinajstić information content (AvgIpc) is 2.70. The van der Waals surface area contributed by atoms with Crippen molar-refractivity contribution in [2.75, 3.05) is 6.54 Å². The van der Waals surface area contributed by atoms with Gasteiger partial charge in [-0.1, -0.05) is 6.92 Å². The van der Waals surface area contributed by atoms with E-state index >= 15 is 0 Å². The summed E-state index contributed by atoms with van der Waals surface area (Å²) in [5.41, 5.74) is 3.19. The second kappa shape index (κ2) is 5.68. The van der Waals surface area contributed by atoms with Gasteiger partial charge in [0.15, 0.2) is 0 Å². The van der Waals surface area contributed by atoms with Gasteiger partial charge in [-0.15, -0.1) is 0 Å². The Morgan fingerprint density at radius 1 is 1.40 bits per heavy atom. The highest BCUT2D eigenvalue weighted by Gasteiger charge is 2.49. The van der Waals surface area contributed by atoms with E-state index in [9.17, 15) is 19.5 Å². The Kier molecular flexibility index (Phi) is 4.62. The van der Waals surface area contributed by atoms with Gasteiger partial charge in [0.1, 0.15) is 5.54 Å². The van der Waals surface area contributed by atoms with Crippen molar-refractivity contribution in [3.05, 3.63) is 0 Å². The van der Waals surface area contributed by atoms with Crippen LogP contribution in [-0.2, 0) is 9.59 Å². The Bertz CT molecular complexity index is 422. The zero-order valence-electron chi connectivity index (χ0n) is 12.2. The van der Waals surface area contributed by atoms with E-state index in [1.54, 1.807) is 20.8 Å². The van der Waals surface area contributed by atoms with E-state index < -0.39 is 29.0 Å². The van der Waals surface area contributed by atoms with E-state index in [0.29, 0.717) is 25.8 Å². The lowest BCUT2D eigenvalue weighted by Gasteiger charge is -2.36. The van der Waals surface area contributed by atoms with Crippen molar-refractivity contribution in [1.82, 2.24) is 10.2 Å². The molecule has 1 aliphatic heterocycles. The summed E-state index contributed by atoms with van der Waals surface area (Å²) in [5.74, 6) is -1.50. The minimum absolute atomic E-state index is 0.00121. The second-order valence-corrected chi connectivity index (χ2v) is 5.90. The number of aliphatic carboxylic acids is 1. The number of carboxylic acid groups (broad SMARTS) is 1. The normalized spacial score (nSPS) is 22.6. The van der Waals surface area contributed by atoms with Gasteiger partial charge in [0.2, 0.25) is 5.91 Å². The van der Waals surface area contributed by atoms with Crippen molar-refractivity contribution in [2.24, 2.45) is 5.73 Å². The summed E-state index contributed by atoms with van der Waals surface area (Å²) in [7, 11) is 0. The predicted molar refractivity (Wildman–Crippen MR) is 73.0 cm³/mol. The van der Waals surface area contributed by atoms with Crippen LogP contribution in [0.4, 0.5) is 4.79 Å². The van der Waals surface area contributed by atoms with Crippen LogP contribution in [0, 0.1) is 0 Å². The fraction of sp³-hybridized carbons (Fsp3) is 0.769. The SMILES string of the molecule is CCC1(C(=O)O)CCCN1C(=O)NC(C)(C)CC(N)=O. The van der Waals surface area contributed by atoms with Gasteiger partial charge in [-0.25, -0.2) is 9.59 Å². The summed E-state index contributed by atoms with van der Waals surface area (Å²) in [4.78, 5) is 36.2. The molecule has 0 aromatic carbocycles. The maximum absolute atomic E-state index is 12.3. The number of nitrogens with zero attached hydrogens (tertiary/aromatic N) is 1. The van der Waals surface area contributed by atoms with E-state index in [0.717, 1.165) is 0 Å². The Hall–Kier alpha value is -1.79. The average molecular weight is 285 g/mol. The summed E-state index contributed by atoms with van der Waals surface area (Å²) >= 11 is 0. The zero-order valence-corrected chi connectivity index (χ0v) is 12.2. The van der Waals surface area contributed by atoms with Crippen molar-refractivity contribution < 1.29 is 19.5 Å². The number of nitrogens with two attached hydrogens (primary N) is 1. The van der Waals surface area contributed by atoms with E-state index in [1.807, 2.05) is 0 Å². The van der Waals surface area contributed by atoms with Crippen LogP contribution in [0.5, 0.6) is 0 Å². The lowest BCUT2D eigenvalue weighted by atomic mass is 9.93. The number of nitrogens with one attached hydrogen (secondary N) is 1. The molecule has 1 rings (SSSR count). The van der Waals surface area contributed by atoms with Gasteiger partial charge < -0.3 is 21.1 Å². The Morgan fingerprint density at radius 2 is 2.00 bits per heavy atom. The van der Waals surface area contributed by atoms with Gasteiger partial charge in [-0.05, 0) is 33.1 Å². The molecule has 0 radical (unpaired) electrons. The summed E-state index contributed by atoms with van der Waals surface area (Å²) in [6, 6.07) is -0.460. The molecule has 1 heterocycles. The van der Waals surface area contributed by atoms with E-state index in [-0.39, 0.29) is 6.42 Å². The summed E-state index contributed by atoms with van der Waals surface area (Å²) in [6.07, 6.45) is 1.46. The quantitative estimate of drug-likeness (QED) is 0.689. The van der Waals surface area contributed by atoms with Gasteiger partial charge in [0.05, 0.1) is 0 Å². The Labute approximate surface area is 118 Å². The smallest absolute Gasteiger partial charge is 0.329 e. The minimum Gasteiger partial charge on any atom is -0.479 e. The molecule has 1 aliphatic rings. The van der Waals surface area contributed by atoms with Crippen molar-refractivity contribution in [3.63, 3.8) is 0 Å². The molecular weight excluding hydrogens is 262 g/mol. The maximum atomic E-state index is 12.3. The van der Waals surface area contributed by atoms with Gasteiger partial charge in [-0.3, -0.25) is 4.79 Å². The number of rotatable bonds is 5. The molecular formula is C13H23N3O4. The molecule has 1 fully saturated rings. The number of hydrogen-bond acceptors (Lipinski definition) is 3. The van der Waals surface area contributed by atoms with Crippen LogP contribution in [0.15, 0.2) is 0 Å². The number of hydrogen-bond donors (Lipinski definition) is 3. The topological polar surface area (TPSA) is 113 Å². The first-order valence-corrected chi connectivity index (χ1v) is 6.76. The third-order valence-electron chi connectivity index (χ3n) is 3.78. The molecule has 3 amide bonds. The predicted octanol–water partition coefficient (Wildman–Crippen LogP) is 0.679. The lowest BCUT2D eigenvalue weighted by Crippen LogP contribution is -2.59. The molecule has 0 aromatic heterocycles. The van der Waals surface area contributed by atoms with E-state index in [1.165, 1.54) is 4.90 Å². The molecule has 0 aromatic rings. The number of likely N-dealkylation sites (tertiary alicyclic amines) is 1. The largest absolute Gasteiger partial charge is 0.479 e. The molecule has 0 saturated carbocycles.